The lowest BCUT2D eigenvalue weighted by atomic mass is 10.1. The average molecular weight is 297 g/mol. The molecule has 1 aromatic heterocycles. The van der Waals surface area contributed by atoms with Crippen LogP contribution < -0.4 is 5.56 Å². The van der Waals surface area contributed by atoms with Crippen LogP contribution >= 0.6 is 15.9 Å². The van der Waals surface area contributed by atoms with Crippen LogP contribution in [-0.4, -0.2) is 9.97 Å². The number of rotatable bonds is 1. The Bertz CT molecular complexity index is 637. The summed E-state index contributed by atoms with van der Waals surface area (Å²) in [5.41, 5.74) is 1.57. The Hall–Kier alpha value is -1.49. The highest BCUT2D eigenvalue weighted by molar-refractivity contribution is 9.10. The number of hydrogen-bond donors (Lipinski definition) is 1. The summed E-state index contributed by atoms with van der Waals surface area (Å²) < 4.78 is 13.6. The average Bonchev–Trinajstić information content (AvgIpc) is 2.29. The summed E-state index contributed by atoms with van der Waals surface area (Å²) in [6.07, 6.45) is 0. The van der Waals surface area contributed by atoms with Crippen molar-refractivity contribution < 1.29 is 4.39 Å². The second-order valence-corrected chi connectivity index (χ2v) is 4.57. The molecule has 0 amide bonds. The molecular weight excluding hydrogens is 287 g/mol. The van der Waals surface area contributed by atoms with Crippen molar-refractivity contribution in [1.82, 2.24) is 9.97 Å². The van der Waals surface area contributed by atoms with Gasteiger partial charge in [0.2, 0.25) is 0 Å². The third-order valence-electron chi connectivity index (χ3n) is 2.46. The molecule has 1 N–H and O–H groups in total. The van der Waals surface area contributed by atoms with E-state index in [2.05, 4.69) is 25.9 Å². The second-order valence-electron chi connectivity index (χ2n) is 3.78. The highest BCUT2D eigenvalue weighted by Crippen LogP contribution is 2.19. The molecule has 0 unspecified atom stereocenters. The van der Waals surface area contributed by atoms with E-state index in [0.717, 1.165) is 0 Å². The first-order valence-corrected chi connectivity index (χ1v) is 5.81. The zero-order valence-electron chi connectivity index (χ0n) is 9.34. The van der Waals surface area contributed by atoms with Gasteiger partial charge in [0, 0.05) is 5.56 Å². The molecule has 88 valence electrons. The number of hydrogen-bond acceptors (Lipinski definition) is 2. The molecular formula is C12H10BrFN2O. The van der Waals surface area contributed by atoms with Gasteiger partial charge in [0.15, 0.2) is 0 Å². The van der Waals surface area contributed by atoms with Gasteiger partial charge in [0.25, 0.3) is 5.56 Å². The van der Waals surface area contributed by atoms with E-state index in [-0.39, 0.29) is 11.4 Å². The molecule has 5 heteroatoms. The molecule has 1 heterocycles. The van der Waals surface area contributed by atoms with Gasteiger partial charge in [-0.05, 0) is 53.5 Å². The summed E-state index contributed by atoms with van der Waals surface area (Å²) in [4.78, 5) is 18.5. The molecule has 0 saturated carbocycles. The molecule has 2 aromatic rings. The van der Waals surface area contributed by atoms with Gasteiger partial charge in [-0.25, -0.2) is 9.37 Å². The molecule has 0 atom stereocenters. The van der Waals surface area contributed by atoms with Gasteiger partial charge < -0.3 is 4.98 Å². The van der Waals surface area contributed by atoms with Crippen LogP contribution in [0.1, 0.15) is 11.3 Å². The third-order valence-corrected chi connectivity index (χ3v) is 3.39. The number of halogens is 2. The summed E-state index contributed by atoms with van der Waals surface area (Å²) in [5.74, 6) is 0.170. The number of nitrogens with one attached hydrogen (secondary N) is 1. The summed E-state index contributed by atoms with van der Waals surface area (Å²) in [7, 11) is 0. The number of aryl methyl sites for hydroxylation is 2. The summed E-state index contributed by atoms with van der Waals surface area (Å²) >= 11 is 3.15. The predicted octanol–water partition coefficient (Wildman–Crippen LogP) is 2.96. The topological polar surface area (TPSA) is 45.8 Å². The van der Waals surface area contributed by atoms with E-state index in [0.29, 0.717) is 27.1 Å². The maximum absolute atomic E-state index is 13.1. The largest absolute Gasteiger partial charge is 0.306 e. The molecule has 0 radical (unpaired) electrons. The van der Waals surface area contributed by atoms with Crippen molar-refractivity contribution in [2.75, 3.05) is 0 Å². The molecule has 0 bridgehead atoms. The number of H-pyrrole nitrogens is 1. The van der Waals surface area contributed by atoms with Gasteiger partial charge in [0.1, 0.15) is 16.1 Å². The first-order valence-electron chi connectivity index (χ1n) is 5.02. The Balaban J connectivity index is 2.61. The minimum Gasteiger partial charge on any atom is -0.306 e. The first kappa shape index (κ1) is 12.0. The molecule has 0 aliphatic carbocycles. The second kappa shape index (κ2) is 4.41. The maximum atomic E-state index is 13.1. The van der Waals surface area contributed by atoms with Crippen LogP contribution in [0.4, 0.5) is 4.39 Å². The van der Waals surface area contributed by atoms with E-state index < -0.39 is 0 Å². The van der Waals surface area contributed by atoms with Crippen molar-refractivity contribution in [2.45, 2.75) is 13.8 Å². The summed E-state index contributed by atoms with van der Waals surface area (Å²) in [6.45, 7) is 3.40. The monoisotopic (exact) mass is 296 g/mol. The minimum atomic E-state index is -0.273. The maximum Gasteiger partial charge on any atom is 0.265 e. The molecule has 2 rings (SSSR count). The highest BCUT2D eigenvalue weighted by Gasteiger charge is 2.08. The minimum absolute atomic E-state index is 0.241. The van der Waals surface area contributed by atoms with Gasteiger partial charge in [-0.15, -0.1) is 0 Å². The lowest BCUT2D eigenvalue weighted by Gasteiger charge is -2.05. The van der Waals surface area contributed by atoms with Crippen LogP contribution in [0, 0.1) is 19.7 Å². The smallest absolute Gasteiger partial charge is 0.265 e. The quantitative estimate of drug-likeness (QED) is 0.879. The van der Waals surface area contributed by atoms with Crippen LogP contribution in [0.15, 0.2) is 27.5 Å². The van der Waals surface area contributed by atoms with Crippen LogP contribution in [0.25, 0.3) is 11.4 Å². The fraction of sp³-hybridized carbons (Fsp3) is 0.167. The fourth-order valence-corrected chi connectivity index (χ4v) is 1.69. The fourth-order valence-electron chi connectivity index (χ4n) is 1.50. The van der Waals surface area contributed by atoms with E-state index in [1.807, 2.05) is 0 Å². The molecule has 17 heavy (non-hydrogen) atoms. The number of aromatic amines is 1. The lowest BCUT2D eigenvalue weighted by Crippen LogP contribution is -2.11. The molecule has 0 aliphatic heterocycles. The van der Waals surface area contributed by atoms with Gasteiger partial charge in [0.05, 0.1) is 5.69 Å². The Kier molecular flexibility index (Phi) is 3.11. The van der Waals surface area contributed by atoms with Crippen molar-refractivity contribution in [3.63, 3.8) is 0 Å². The lowest BCUT2D eigenvalue weighted by molar-refractivity contribution is 0.618. The van der Waals surface area contributed by atoms with Crippen molar-refractivity contribution in [3.8, 4) is 11.4 Å². The van der Waals surface area contributed by atoms with Crippen LogP contribution in [0.5, 0.6) is 0 Å². The van der Waals surface area contributed by atoms with Crippen LogP contribution in [0.2, 0.25) is 0 Å². The molecule has 0 aliphatic rings. The predicted molar refractivity (Wildman–Crippen MR) is 67.4 cm³/mol. The van der Waals surface area contributed by atoms with Crippen molar-refractivity contribution in [1.29, 1.82) is 0 Å². The molecule has 3 nitrogen and oxygen atoms in total. The summed E-state index contributed by atoms with van der Waals surface area (Å²) in [6, 6.07) is 4.61. The van der Waals surface area contributed by atoms with Gasteiger partial charge >= 0.3 is 0 Å². The highest BCUT2D eigenvalue weighted by atomic mass is 79.9. The zero-order chi connectivity index (χ0) is 12.6. The van der Waals surface area contributed by atoms with Crippen LogP contribution in [0.3, 0.4) is 0 Å². The number of benzene rings is 1. The Labute approximate surface area is 106 Å². The first-order chi connectivity index (χ1) is 7.99. The van der Waals surface area contributed by atoms with E-state index in [1.165, 1.54) is 6.07 Å². The normalized spacial score (nSPS) is 10.6. The van der Waals surface area contributed by atoms with E-state index >= 15 is 0 Å². The SMILES string of the molecule is Cc1cc(-c2nc(C)c(Br)c(=O)[nH]2)ccc1F. The van der Waals surface area contributed by atoms with E-state index in [1.54, 1.807) is 26.0 Å². The van der Waals surface area contributed by atoms with E-state index in [4.69, 9.17) is 0 Å². The number of nitrogens with zero attached hydrogens (tertiary/aromatic N) is 1. The third kappa shape index (κ3) is 2.29. The van der Waals surface area contributed by atoms with Crippen molar-refractivity contribution in [2.24, 2.45) is 0 Å². The zero-order valence-corrected chi connectivity index (χ0v) is 10.9. The molecule has 1 aromatic carbocycles. The van der Waals surface area contributed by atoms with Gasteiger partial charge in [-0.1, -0.05) is 0 Å². The molecule has 0 fully saturated rings. The van der Waals surface area contributed by atoms with Gasteiger partial charge in [-0.3, -0.25) is 4.79 Å². The van der Waals surface area contributed by atoms with Crippen LogP contribution in [-0.2, 0) is 0 Å². The van der Waals surface area contributed by atoms with Crippen molar-refractivity contribution >= 4 is 15.9 Å². The Morgan fingerprint density at radius 3 is 2.65 bits per heavy atom. The number of aromatic nitrogens is 2. The Morgan fingerprint density at radius 2 is 2.06 bits per heavy atom. The standard InChI is InChI=1S/C12H10BrFN2O/c1-6-5-8(3-4-9(6)14)11-15-7(2)10(13)12(17)16-11/h3-5H,1-2H3,(H,15,16,17). The van der Waals surface area contributed by atoms with E-state index in [9.17, 15) is 9.18 Å². The molecule has 0 saturated heterocycles. The van der Waals surface area contributed by atoms with Gasteiger partial charge in [-0.2, -0.15) is 0 Å². The summed E-state index contributed by atoms with van der Waals surface area (Å²) in [5, 5.41) is 0. The van der Waals surface area contributed by atoms with Crippen molar-refractivity contribution in [3.05, 3.63) is 50.1 Å². The Morgan fingerprint density at radius 1 is 1.35 bits per heavy atom. The molecule has 0 spiro atoms.